The molecule has 6 heteroatoms. The van der Waals surface area contributed by atoms with E-state index in [1.165, 1.54) is 0 Å². The predicted molar refractivity (Wildman–Crippen MR) is 109 cm³/mol. The number of ether oxygens (including phenoxy) is 1. The lowest BCUT2D eigenvalue weighted by molar-refractivity contribution is -0.128. The summed E-state index contributed by atoms with van der Waals surface area (Å²) in [6, 6.07) is 23.8. The minimum Gasteiger partial charge on any atom is -0.481 e. The molecule has 3 rings (SSSR count). The van der Waals surface area contributed by atoms with Gasteiger partial charge in [0, 0.05) is 10.6 Å². The molecule has 0 spiro atoms. The fourth-order valence-corrected chi connectivity index (χ4v) is 2.63. The van der Waals surface area contributed by atoms with Crippen LogP contribution in [-0.4, -0.2) is 17.9 Å². The lowest BCUT2D eigenvalue weighted by Crippen LogP contribution is -2.47. The van der Waals surface area contributed by atoms with Crippen LogP contribution >= 0.6 is 11.6 Å². The van der Waals surface area contributed by atoms with Gasteiger partial charge in [-0.05, 0) is 54.4 Å². The van der Waals surface area contributed by atoms with Crippen molar-refractivity contribution in [2.75, 3.05) is 0 Å². The number of halogens is 1. The largest absolute Gasteiger partial charge is 0.481 e. The van der Waals surface area contributed by atoms with Crippen LogP contribution in [0.25, 0.3) is 11.1 Å². The molecule has 0 aliphatic rings. The Hall–Kier alpha value is -3.31. The van der Waals surface area contributed by atoms with E-state index in [-0.39, 0.29) is 0 Å². The first-order chi connectivity index (χ1) is 13.5. The van der Waals surface area contributed by atoms with Gasteiger partial charge in [-0.1, -0.05) is 54.1 Å². The van der Waals surface area contributed by atoms with E-state index in [9.17, 15) is 9.59 Å². The summed E-state index contributed by atoms with van der Waals surface area (Å²) in [5.74, 6) is -0.342. The number of nitrogens with one attached hydrogen (secondary N) is 2. The molecular formula is C22H19ClN2O3. The van der Waals surface area contributed by atoms with Crippen LogP contribution in [0.2, 0.25) is 5.02 Å². The van der Waals surface area contributed by atoms with E-state index in [4.69, 9.17) is 16.3 Å². The van der Waals surface area contributed by atoms with Gasteiger partial charge < -0.3 is 4.74 Å². The van der Waals surface area contributed by atoms with E-state index in [1.807, 2.05) is 42.5 Å². The summed E-state index contributed by atoms with van der Waals surface area (Å²) >= 11 is 5.79. The molecule has 2 N–H and O–H groups in total. The third-order valence-electron chi connectivity index (χ3n) is 4.05. The molecule has 3 aromatic carbocycles. The van der Waals surface area contributed by atoms with Gasteiger partial charge in [0.15, 0.2) is 6.10 Å². The smallest absolute Gasteiger partial charge is 0.279 e. The van der Waals surface area contributed by atoms with E-state index < -0.39 is 17.9 Å². The molecule has 0 aliphatic heterocycles. The quantitative estimate of drug-likeness (QED) is 0.636. The number of carbonyl (C=O) groups excluding carboxylic acids is 2. The number of hydrogen-bond donors (Lipinski definition) is 2. The Balaban J connectivity index is 1.52. The third-order valence-corrected chi connectivity index (χ3v) is 4.30. The molecule has 1 unspecified atom stereocenters. The zero-order valence-electron chi connectivity index (χ0n) is 15.2. The fourth-order valence-electron chi connectivity index (χ4n) is 2.51. The third kappa shape index (κ3) is 5.11. The predicted octanol–water partition coefficient (Wildman–Crippen LogP) is 4.24. The topological polar surface area (TPSA) is 67.4 Å². The number of benzene rings is 3. The summed E-state index contributed by atoms with van der Waals surface area (Å²) < 4.78 is 5.64. The van der Waals surface area contributed by atoms with Gasteiger partial charge in [-0.2, -0.15) is 0 Å². The molecule has 2 amide bonds. The van der Waals surface area contributed by atoms with Gasteiger partial charge in [0.25, 0.3) is 11.8 Å². The average molecular weight is 395 g/mol. The van der Waals surface area contributed by atoms with E-state index in [0.29, 0.717) is 16.3 Å². The van der Waals surface area contributed by atoms with Crippen LogP contribution in [0, 0.1) is 0 Å². The van der Waals surface area contributed by atoms with Gasteiger partial charge in [-0.25, -0.2) is 0 Å². The number of rotatable bonds is 5. The first kappa shape index (κ1) is 19.5. The van der Waals surface area contributed by atoms with Crippen LogP contribution in [0.15, 0.2) is 78.9 Å². The lowest BCUT2D eigenvalue weighted by atomic mass is 10.1. The SMILES string of the molecule is CC(Oc1ccc(-c2ccccc2)cc1)C(=O)NNC(=O)c1ccc(Cl)cc1. The Labute approximate surface area is 168 Å². The summed E-state index contributed by atoms with van der Waals surface area (Å²) in [4.78, 5) is 24.2. The summed E-state index contributed by atoms with van der Waals surface area (Å²) in [6.07, 6.45) is -0.784. The first-order valence-corrected chi connectivity index (χ1v) is 9.08. The van der Waals surface area contributed by atoms with E-state index in [0.717, 1.165) is 11.1 Å². The van der Waals surface area contributed by atoms with Crippen LogP contribution in [0.3, 0.4) is 0 Å². The highest BCUT2D eigenvalue weighted by Crippen LogP contribution is 2.22. The highest BCUT2D eigenvalue weighted by atomic mass is 35.5. The fraction of sp³-hybridized carbons (Fsp3) is 0.0909. The Bertz CT molecular complexity index is 942. The van der Waals surface area contributed by atoms with Gasteiger partial charge >= 0.3 is 0 Å². The number of amides is 2. The second-order valence-corrected chi connectivity index (χ2v) is 6.54. The van der Waals surface area contributed by atoms with Gasteiger partial charge in [0.1, 0.15) is 5.75 Å². The molecule has 5 nitrogen and oxygen atoms in total. The van der Waals surface area contributed by atoms with Crippen LogP contribution in [-0.2, 0) is 4.79 Å². The highest BCUT2D eigenvalue weighted by molar-refractivity contribution is 6.30. The molecule has 0 aliphatic carbocycles. The van der Waals surface area contributed by atoms with Gasteiger partial charge in [-0.3, -0.25) is 20.4 Å². The van der Waals surface area contributed by atoms with Crippen LogP contribution in [0.1, 0.15) is 17.3 Å². The first-order valence-electron chi connectivity index (χ1n) is 8.71. The van der Waals surface area contributed by atoms with Crippen molar-refractivity contribution in [1.82, 2.24) is 10.9 Å². The molecule has 0 heterocycles. The summed E-state index contributed by atoms with van der Waals surface area (Å²) in [5.41, 5.74) is 7.25. The number of hydrazine groups is 1. The van der Waals surface area contributed by atoms with E-state index >= 15 is 0 Å². The maximum absolute atomic E-state index is 12.2. The monoisotopic (exact) mass is 394 g/mol. The van der Waals surface area contributed by atoms with Crippen molar-refractivity contribution >= 4 is 23.4 Å². The minimum atomic E-state index is -0.784. The molecular weight excluding hydrogens is 376 g/mol. The summed E-state index contributed by atoms with van der Waals surface area (Å²) in [7, 11) is 0. The highest BCUT2D eigenvalue weighted by Gasteiger charge is 2.16. The summed E-state index contributed by atoms with van der Waals surface area (Å²) in [5, 5.41) is 0.529. The normalized spacial score (nSPS) is 11.4. The molecule has 0 radical (unpaired) electrons. The van der Waals surface area contributed by atoms with Crippen molar-refractivity contribution in [3.8, 4) is 16.9 Å². The average Bonchev–Trinajstić information content (AvgIpc) is 2.73. The van der Waals surface area contributed by atoms with E-state index in [2.05, 4.69) is 10.9 Å². The Kier molecular flexibility index (Phi) is 6.29. The van der Waals surface area contributed by atoms with Gasteiger partial charge in [-0.15, -0.1) is 0 Å². The zero-order chi connectivity index (χ0) is 19.9. The Morgan fingerprint density at radius 1 is 0.821 bits per heavy atom. The second-order valence-electron chi connectivity index (χ2n) is 6.10. The molecule has 28 heavy (non-hydrogen) atoms. The van der Waals surface area contributed by atoms with Gasteiger partial charge in [0.05, 0.1) is 0 Å². The van der Waals surface area contributed by atoms with Crippen LogP contribution < -0.4 is 15.6 Å². The standard InChI is InChI=1S/C22H19ClN2O3/c1-15(21(26)24-25-22(27)18-7-11-19(23)12-8-18)28-20-13-9-17(10-14-20)16-5-3-2-4-6-16/h2-15H,1H3,(H,24,26)(H,25,27). The lowest BCUT2D eigenvalue weighted by Gasteiger charge is -2.15. The second kappa shape index (κ2) is 9.06. The number of carbonyl (C=O) groups is 2. The molecule has 0 saturated heterocycles. The van der Waals surface area contributed by atoms with Gasteiger partial charge in [0.2, 0.25) is 0 Å². The Morgan fingerprint density at radius 2 is 1.43 bits per heavy atom. The molecule has 142 valence electrons. The van der Waals surface area contributed by atoms with Crippen LogP contribution in [0.5, 0.6) is 5.75 Å². The molecule has 0 saturated carbocycles. The van der Waals surface area contributed by atoms with Crippen molar-refractivity contribution in [2.24, 2.45) is 0 Å². The molecule has 1 atom stereocenters. The number of hydrogen-bond acceptors (Lipinski definition) is 3. The molecule has 3 aromatic rings. The van der Waals surface area contributed by atoms with Crippen molar-refractivity contribution in [3.05, 3.63) is 89.4 Å². The Morgan fingerprint density at radius 3 is 2.07 bits per heavy atom. The van der Waals surface area contributed by atoms with Crippen molar-refractivity contribution in [2.45, 2.75) is 13.0 Å². The minimum absolute atomic E-state index is 0.384. The molecule has 0 aromatic heterocycles. The van der Waals surface area contributed by atoms with Crippen LogP contribution in [0.4, 0.5) is 0 Å². The molecule has 0 bridgehead atoms. The van der Waals surface area contributed by atoms with Crippen molar-refractivity contribution < 1.29 is 14.3 Å². The van der Waals surface area contributed by atoms with Crippen molar-refractivity contribution in [3.63, 3.8) is 0 Å². The molecule has 0 fully saturated rings. The van der Waals surface area contributed by atoms with E-state index in [1.54, 1.807) is 43.3 Å². The maximum atomic E-state index is 12.2. The maximum Gasteiger partial charge on any atom is 0.279 e. The summed E-state index contributed by atoms with van der Waals surface area (Å²) in [6.45, 7) is 1.61. The zero-order valence-corrected chi connectivity index (χ0v) is 15.9. The van der Waals surface area contributed by atoms with Crippen molar-refractivity contribution in [1.29, 1.82) is 0 Å².